The van der Waals surface area contributed by atoms with E-state index in [9.17, 15) is 9.59 Å². The number of carbonyl (C=O) groups is 2. The van der Waals surface area contributed by atoms with Crippen LogP contribution in [-0.4, -0.2) is 11.8 Å². The minimum absolute atomic E-state index is 0.143. The second kappa shape index (κ2) is 7.79. The Kier molecular flexibility index (Phi) is 5.17. The van der Waals surface area contributed by atoms with Gasteiger partial charge in [-0.25, -0.2) is 0 Å². The van der Waals surface area contributed by atoms with Crippen molar-refractivity contribution in [3.63, 3.8) is 0 Å². The molecule has 3 aromatic carbocycles. The van der Waals surface area contributed by atoms with E-state index in [1.165, 1.54) is 0 Å². The minimum Gasteiger partial charge on any atom is -0.343 e. The third kappa shape index (κ3) is 3.73. The van der Waals surface area contributed by atoms with Crippen LogP contribution in [0.5, 0.6) is 0 Å². The predicted octanol–water partition coefficient (Wildman–Crippen LogP) is 4.88. The summed E-state index contributed by atoms with van der Waals surface area (Å²) in [6.45, 7) is 8.05. The maximum absolute atomic E-state index is 12.9. The molecule has 4 heteroatoms. The lowest BCUT2D eigenvalue weighted by molar-refractivity contribution is 0.0879. The highest BCUT2D eigenvalue weighted by atomic mass is 16.2. The van der Waals surface area contributed by atoms with E-state index in [-0.39, 0.29) is 23.9 Å². The van der Waals surface area contributed by atoms with E-state index in [1.807, 2.05) is 88.4 Å². The molecule has 0 spiro atoms. The van der Waals surface area contributed by atoms with Crippen LogP contribution in [0.4, 0.5) is 0 Å². The van der Waals surface area contributed by atoms with Gasteiger partial charge < -0.3 is 10.6 Å². The van der Waals surface area contributed by atoms with Crippen molar-refractivity contribution in [2.45, 2.75) is 39.8 Å². The fourth-order valence-corrected chi connectivity index (χ4v) is 3.84. The first-order valence-corrected chi connectivity index (χ1v) is 10.2. The largest absolute Gasteiger partial charge is 0.343 e. The van der Waals surface area contributed by atoms with Crippen LogP contribution in [0.1, 0.15) is 66.2 Å². The summed E-state index contributed by atoms with van der Waals surface area (Å²) in [4.78, 5) is 25.9. The van der Waals surface area contributed by atoms with Gasteiger partial charge in [0.1, 0.15) is 0 Å². The molecule has 0 radical (unpaired) electrons. The molecule has 30 heavy (non-hydrogen) atoms. The van der Waals surface area contributed by atoms with E-state index in [0.717, 1.165) is 33.4 Å². The van der Waals surface area contributed by atoms with Crippen molar-refractivity contribution in [3.05, 3.63) is 105 Å². The van der Waals surface area contributed by atoms with Crippen LogP contribution >= 0.6 is 0 Å². The van der Waals surface area contributed by atoms with Crippen LogP contribution in [0.2, 0.25) is 0 Å². The summed E-state index contributed by atoms with van der Waals surface area (Å²) in [5.41, 5.74) is 7.66. The number of rotatable bonds is 4. The summed E-state index contributed by atoms with van der Waals surface area (Å²) in [5, 5.41) is 6.25. The van der Waals surface area contributed by atoms with E-state index in [0.29, 0.717) is 11.1 Å². The quantitative estimate of drug-likeness (QED) is 0.658. The van der Waals surface area contributed by atoms with E-state index >= 15 is 0 Å². The van der Waals surface area contributed by atoms with Crippen LogP contribution in [0.25, 0.3) is 0 Å². The minimum atomic E-state index is -0.306. The Morgan fingerprint density at radius 1 is 0.567 bits per heavy atom. The number of hydrogen-bond donors (Lipinski definition) is 2. The molecule has 3 aromatic rings. The van der Waals surface area contributed by atoms with Crippen LogP contribution in [0.3, 0.4) is 0 Å². The van der Waals surface area contributed by atoms with E-state index < -0.39 is 0 Å². The third-order valence-electron chi connectivity index (χ3n) is 6.10. The van der Waals surface area contributed by atoms with Gasteiger partial charge in [0, 0.05) is 11.1 Å². The zero-order chi connectivity index (χ0) is 21.4. The number of amides is 2. The third-order valence-corrected chi connectivity index (χ3v) is 6.10. The Bertz CT molecular complexity index is 1040. The van der Waals surface area contributed by atoms with Gasteiger partial charge >= 0.3 is 0 Å². The number of carbonyl (C=O) groups excluding carboxylic acids is 2. The first kappa shape index (κ1) is 19.9. The lowest BCUT2D eigenvalue weighted by Gasteiger charge is -2.34. The summed E-state index contributed by atoms with van der Waals surface area (Å²) < 4.78 is 0. The smallest absolute Gasteiger partial charge is 0.251 e. The van der Waals surface area contributed by atoms with Crippen LogP contribution in [0.15, 0.2) is 60.7 Å². The van der Waals surface area contributed by atoms with Gasteiger partial charge in [-0.05, 0) is 85.3 Å². The first-order chi connectivity index (χ1) is 14.3. The van der Waals surface area contributed by atoms with Gasteiger partial charge in [-0.3, -0.25) is 9.59 Å². The zero-order valence-electron chi connectivity index (χ0n) is 17.7. The van der Waals surface area contributed by atoms with Gasteiger partial charge in [0.05, 0.1) is 12.1 Å². The lowest BCUT2D eigenvalue weighted by Crippen LogP contribution is -2.42. The molecule has 152 valence electrons. The molecule has 2 atom stereocenters. The molecule has 0 aromatic heterocycles. The monoisotopic (exact) mass is 398 g/mol. The van der Waals surface area contributed by atoms with Crippen molar-refractivity contribution in [2.75, 3.05) is 0 Å². The number of aryl methyl sites for hydroxylation is 4. The fourth-order valence-electron chi connectivity index (χ4n) is 3.84. The van der Waals surface area contributed by atoms with Gasteiger partial charge in [0.25, 0.3) is 11.8 Å². The highest BCUT2D eigenvalue weighted by Gasteiger charge is 2.32. The molecule has 2 bridgehead atoms. The molecule has 2 N–H and O–H groups in total. The normalized spacial score (nSPS) is 16.9. The molecule has 0 saturated heterocycles. The van der Waals surface area contributed by atoms with Gasteiger partial charge in [0.15, 0.2) is 0 Å². The van der Waals surface area contributed by atoms with Crippen LogP contribution < -0.4 is 10.6 Å². The van der Waals surface area contributed by atoms with Crippen molar-refractivity contribution in [1.82, 2.24) is 10.6 Å². The van der Waals surface area contributed by atoms with Crippen molar-refractivity contribution in [2.24, 2.45) is 0 Å². The summed E-state index contributed by atoms with van der Waals surface area (Å²) >= 11 is 0. The van der Waals surface area contributed by atoms with Crippen LogP contribution in [0, 0.1) is 27.7 Å². The molecular weight excluding hydrogens is 372 g/mol. The topological polar surface area (TPSA) is 58.2 Å². The van der Waals surface area contributed by atoms with Crippen molar-refractivity contribution in [1.29, 1.82) is 0 Å². The summed E-state index contributed by atoms with van der Waals surface area (Å²) in [6, 6.07) is 18.8. The summed E-state index contributed by atoms with van der Waals surface area (Å²) in [5.74, 6) is -0.285. The number of fused-ring (bicyclic) bond motifs is 3. The molecule has 0 aliphatic heterocycles. The van der Waals surface area contributed by atoms with Gasteiger partial charge in [-0.15, -0.1) is 0 Å². The number of hydrogen-bond acceptors (Lipinski definition) is 2. The summed E-state index contributed by atoms with van der Waals surface area (Å²) in [7, 11) is 0. The standard InChI is InChI=1S/C26H26N2O2/c1-15-5-7-21(13-17(15)3)25(29)27-23-19-9-11-20(12-10-19)24(23)28-26(30)22-8-6-16(2)18(4)14-22/h5-14,23-24H,1-4H3,(H,27,29)(H,28,30). The zero-order valence-corrected chi connectivity index (χ0v) is 17.7. The van der Waals surface area contributed by atoms with Crippen molar-refractivity contribution >= 4 is 11.8 Å². The Labute approximate surface area is 177 Å². The number of nitrogens with one attached hydrogen (secondary N) is 2. The fraction of sp³-hybridized carbons (Fsp3) is 0.231. The SMILES string of the molecule is Cc1ccc(C(=O)NC2c3ccc(cc3)C2NC(=O)c2ccc(C)c(C)c2)cc1C. The predicted molar refractivity (Wildman–Crippen MR) is 119 cm³/mol. The Morgan fingerprint density at radius 2 is 0.933 bits per heavy atom. The average Bonchev–Trinajstić information content (AvgIpc) is 2.74. The van der Waals surface area contributed by atoms with Gasteiger partial charge in [-0.1, -0.05) is 36.4 Å². The van der Waals surface area contributed by atoms with E-state index in [2.05, 4.69) is 10.6 Å². The van der Waals surface area contributed by atoms with E-state index in [4.69, 9.17) is 0 Å². The molecule has 2 amide bonds. The molecule has 4 nitrogen and oxygen atoms in total. The average molecular weight is 399 g/mol. The number of benzene rings is 3. The van der Waals surface area contributed by atoms with Crippen molar-refractivity contribution in [3.8, 4) is 0 Å². The van der Waals surface area contributed by atoms with Gasteiger partial charge in [-0.2, -0.15) is 0 Å². The molecule has 2 aliphatic rings. The highest BCUT2D eigenvalue weighted by Crippen LogP contribution is 2.35. The van der Waals surface area contributed by atoms with E-state index in [1.54, 1.807) is 0 Å². The first-order valence-electron chi connectivity index (χ1n) is 10.2. The molecular formula is C26H26N2O2. The molecule has 2 aliphatic carbocycles. The maximum Gasteiger partial charge on any atom is 0.251 e. The maximum atomic E-state index is 12.9. The Morgan fingerprint density at radius 3 is 1.27 bits per heavy atom. The lowest BCUT2D eigenvalue weighted by atomic mass is 9.86. The van der Waals surface area contributed by atoms with Crippen LogP contribution in [-0.2, 0) is 0 Å². The molecule has 5 rings (SSSR count). The second-order valence-corrected chi connectivity index (χ2v) is 8.17. The van der Waals surface area contributed by atoms with Gasteiger partial charge in [0.2, 0.25) is 0 Å². The molecule has 0 saturated carbocycles. The Hall–Kier alpha value is -3.40. The van der Waals surface area contributed by atoms with Crippen molar-refractivity contribution < 1.29 is 9.59 Å². The second-order valence-electron chi connectivity index (χ2n) is 8.17. The highest BCUT2D eigenvalue weighted by molar-refractivity contribution is 5.96. The Balaban J connectivity index is 1.57. The molecule has 2 unspecified atom stereocenters. The molecule has 0 heterocycles. The summed E-state index contributed by atoms with van der Waals surface area (Å²) in [6.07, 6.45) is 0. The molecule has 0 fully saturated rings.